The van der Waals surface area contributed by atoms with Crippen LogP contribution in [-0.4, -0.2) is 72.4 Å². The minimum absolute atomic E-state index is 0.0476. The van der Waals surface area contributed by atoms with Gasteiger partial charge in [0.05, 0.1) is 48.4 Å². The summed E-state index contributed by atoms with van der Waals surface area (Å²) in [7, 11) is 1.79. The lowest BCUT2D eigenvalue weighted by Gasteiger charge is -2.42. The molecule has 9 nitrogen and oxygen atoms in total. The van der Waals surface area contributed by atoms with Gasteiger partial charge in [-0.15, -0.1) is 10.2 Å². The number of rotatable bonds is 10. The van der Waals surface area contributed by atoms with Crippen molar-refractivity contribution in [1.82, 2.24) is 20.1 Å². The van der Waals surface area contributed by atoms with E-state index < -0.39 is 18.1 Å². The summed E-state index contributed by atoms with van der Waals surface area (Å²) in [6, 6.07) is 8.25. The molecule has 2 aliphatic rings. The SMILES string of the molecule is CN(Cc1ccc(-c2nnc(C(F)F)o2)cn1)c1cc(F)ccc1N(C=O)CC1CCN(C2COC2)CC1. The van der Waals surface area contributed by atoms with Gasteiger partial charge >= 0.3 is 6.43 Å². The van der Waals surface area contributed by atoms with Gasteiger partial charge in [-0.1, -0.05) is 0 Å². The predicted molar refractivity (Wildman–Crippen MR) is 133 cm³/mol. The quantitative estimate of drug-likeness (QED) is 0.365. The molecular formula is C26H29F3N6O3. The lowest BCUT2D eigenvalue weighted by atomic mass is 9.94. The van der Waals surface area contributed by atoms with Crippen molar-refractivity contribution in [3.05, 3.63) is 53.9 Å². The van der Waals surface area contributed by atoms with Crippen LogP contribution in [0.2, 0.25) is 0 Å². The second-order valence-electron chi connectivity index (χ2n) is 9.70. The number of pyridine rings is 1. The first-order valence-electron chi connectivity index (χ1n) is 12.5. The molecule has 0 spiro atoms. The van der Waals surface area contributed by atoms with Crippen molar-refractivity contribution in [3.8, 4) is 11.5 Å². The second kappa shape index (κ2) is 11.5. The molecule has 2 aliphatic heterocycles. The van der Waals surface area contributed by atoms with Crippen molar-refractivity contribution in [2.45, 2.75) is 31.9 Å². The van der Waals surface area contributed by atoms with Crippen molar-refractivity contribution in [2.75, 3.05) is 49.7 Å². The van der Waals surface area contributed by atoms with Gasteiger partial charge in [-0.2, -0.15) is 8.78 Å². The van der Waals surface area contributed by atoms with Crippen LogP contribution in [0.15, 0.2) is 40.9 Å². The Hall–Kier alpha value is -3.51. The summed E-state index contributed by atoms with van der Waals surface area (Å²) in [5.41, 5.74) is 2.24. The summed E-state index contributed by atoms with van der Waals surface area (Å²) in [4.78, 5) is 22.4. The van der Waals surface area contributed by atoms with Crippen LogP contribution < -0.4 is 9.80 Å². The Morgan fingerprint density at radius 1 is 1.13 bits per heavy atom. The third-order valence-electron chi connectivity index (χ3n) is 7.12. The van der Waals surface area contributed by atoms with Crippen molar-refractivity contribution in [3.63, 3.8) is 0 Å². The number of hydrogen-bond donors (Lipinski definition) is 0. The summed E-state index contributed by atoms with van der Waals surface area (Å²) >= 11 is 0. The van der Waals surface area contributed by atoms with E-state index in [1.807, 2.05) is 4.90 Å². The first kappa shape index (κ1) is 26.1. The fourth-order valence-electron chi connectivity index (χ4n) is 4.87. The van der Waals surface area contributed by atoms with Gasteiger partial charge in [-0.3, -0.25) is 14.7 Å². The zero-order chi connectivity index (χ0) is 26.6. The van der Waals surface area contributed by atoms with Gasteiger partial charge in [-0.25, -0.2) is 4.39 Å². The van der Waals surface area contributed by atoms with Crippen LogP contribution in [0, 0.1) is 11.7 Å². The smallest absolute Gasteiger partial charge is 0.314 e. The molecule has 5 rings (SSSR count). The Morgan fingerprint density at radius 3 is 2.53 bits per heavy atom. The minimum atomic E-state index is -2.85. The number of piperidine rings is 1. The molecule has 1 amide bonds. The zero-order valence-electron chi connectivity index (χ0n) is 21.0. The summed E-state index contributed by atoms with van der Waals surface area (Å²) in [5.74, 6) is -0.855. The number of carbonyl (C=O) groups is 1. The predicted octanol–water partition coefficient (Wildman–Crippen LogP) is 3.92. The number of aromatic nitrogens is 3. The van der Waals surface area contributed by atoms with E-state index in [4.69, 9.17) is 9.15 Å². The monoisotopic (exact) mass is 530 g/mol. The van der Waals surface area contributed by atoms with E-state index in [-0.39, 0.29) is 5.89 Å². The molecule has 0 aliphatic carbocycles. The van der Waals surface area contributed by atoms with Gasteiger partial charge in [-0.05, 0) is 62.2 Å². The van der Waals surface area contributed by atoms with Gasteiger partial charge in [0.1, 0.15) is 5.82 Å². The lowest BCUT2D eigenvalue weighted by molar-refractivity contribution is -0.107. The first-order valence-corrected chi connectivity index (χ1v) is 12.5. The molecule has 0 N–H and O–H groups in total. The summed E-state index contributed by atoms with van der Waals surface area (Å²) in [6.07, 6.45) is 1.39. The number of ether oxygens (including phenoxy) is 1. The van der Waals surface area contributed by atoms with Crippen molar-refractivity contribution < 1.29 is 27.1 Å². The number of nitrogens with zero attached hydrogens (tertiary/aromatic N) is 6. The molecule has 3 aromatic rings. The fourth-order valence-corrected chi connectivity index (χ4v) is 4.87. The molecule has 0 unspecified atom stereocenters. The molecule has 0 saturated carbocycles. The number of alkyl halides is 2. The Morgan fingerprint density at radius 2 is 1.92 bits per heavy atom. The van der Waals surface area contributed by atoms with E-state index in [1.165, 1.54) is 18.3 Å². The molecule has 2 aromatic heterocycles. The molecule has 12 heteroatoms. The average Bonchev–Trinajstić information content (AvgIpc) is 3.39. The summed E-state index contributed by atoms with van der Waals surface area (Å²) in [6.45, 7) is 4.43. The van der Waals surface area contributed by atoms with E-state index in [9.17, 15) is 18.0 Å². The van der Waals surface area contributed by atoms with Gasteiger partial charge in [0, 0.05) is 19.8 Å². The van der Waals surface area contributed by atoms with Crippen molar-refractivity contribution in [1.29, 1.82) is 0 Å². The van der Waals surface area contributed by atoms with Gasteiger partial charge < -0.3 is 19.0 Å². The minimum Gasteiger partial charge on any atom is -0.415 e. The molecule has 1 aromatic carbocycles. The molecular weight excluding hydrogens is 501 g/mol. The van der Waals surface area contributed by atoms with Crippen LogP contribution in [0.1, 0.15) is 30.9 Å². The van der Waals surface area contributed by atoms with Crippen LogP contribution in [0.5, 0.6) is 0 Å². The van der Waals surface area contributed by atoms with E-state index >= 15 is 0 Å². The Kier molecular flexibility index (Phi) is 7.89. The molecule has 0 radical (unpaired) electrons. The molecule has 4 heterocycles. The van der Waals surface area contributed by atoms with Crippen LogP contribution in [0.4, 0.5) is 24.5 Å². The van der Waals surface area contributed by atoms with Gasteiger partial charge in [0.15, 0.2) is 0 Å². The Labute approximate surface area is 218 Å². The number of amides is 1. The number of halogens is 3. The van der Waals surface area contributed by atoms with Gasteiger partial charge in [0.25, 0.3) is 5.89 Å². The third-order valence-corrected chi connectivity index (χ3v) is 7.12. The van der Waals surface area contributed by atoms with Crippen LogP contribution >= 0.6 is 0 Å². The van der Waals surface area contributed by atoms with E-state index in [0.717, 1.165) is 45.6 Å². The van der Waals surface area contributed by atoms with E-state index in [1.54, 1.807) is 30.1 Å². The highest BCUT2D eigenvalue weighted by molar-refractivity contribution is 5.84. The highest BCUT2D eigenvalue weighted by atomic mass is 19.3. The number of benzene rings is 1. The highest BCUT2D eigenvalue weighted by Gasteiger charge is 2.30. The molecule has 2 saturated heterocycles. The second-order valence-corrected chi connectivity index (χ2v) is 9.70. The van der Waals surface area contributed by atoms with Crippen LogP contribution in [0.25, 0.3) is 11.5 Å². The Bertz CT molecular complexity index is 1230. The van der Waals surface area contributed by atoms with E-state index in [2.05, 4.69) is 20.1 Å². The average molecular weight is 531 g/mol. The molecule has 0 atom stereocenters. The zero-order valence-corrected chi connectivity index (χ0v) is 21.0. The lowest BCUT2D eigenvalue weighted by Crippen LogP contribution is -2.52. The largest absolute Gasteiger partial charge is 0.415 e. The maximum absolute atomic E-state index is 14.3. The van der Waals surface area contributed by atoms with Crippen molar-refractivity contribution in [2.24, 2.45) is 5.92 Å². The number of likely N-dealkylation sites (tertiary alicyclic amines) is 1. The van der Waals surface area contributed by atoms with Crippen LogP contribution in [-0.2, 0) is 16.1 Å². The normalized spacial score (nSPS) is 17.0. The molecule has 0 bridgehead atoms. The Balaban J connectivity index is 1.26. The maximum atomic E-state index is 14.3. The first-order chi connectivity index (χ1) is 18.4. The highest BCUT2D eigenvalue weighted by Crippen LogP contribution is 2.32. The number of hydrogen-bond acceptors (Lipinski definition) is 8. The maximum Gasteiger partial charge on any atom is 0.314 e. The number of carbonyl (C=O) groups excluding carboxylic acids is 1. The topological polar surface area (TPSA) is 87.8 Å². The van der Waals surface area contributed by atoms with Crippen molar-refractivity contribution >= 4 is 17.8 Å². The molecule has 202 valence electrons. The standard InChI is InChI=1S/C26H29F3N6O3/c1-33(13-20-4-2-18(11-30-20)25-31-32-26(38-25)24(28)29)23-10-19(27)3-5-22(23)35(16-36)12-17-6-8-34(9-7-17)21-14-37-15-21/h2-5,10-11,16-17,21,24H,6-9,12-15H2,1H3. The summed E-state index contributed by atoms with van der Waals surface area (Å²) in [5, 5.41) is 6.95. The van der Waals surface area contributed by atoms with E-state index in [0.29, 0.717) is 47.7 Å². The summed E-state index contributed by atoms with van der Waals surface area (Å²) < 4.78 is 50.0. The fraction of sp³-hybridized carbons (Fsp3) is 0.462. The molecule has 38 heavy (non-hydrogen) atoms. The van der Waals surface area contributed by atoms with Gasteiger partial charge in [0.2, 0.25) is 12.3 Å². The molecule has 2 fully saturated rings. The number of anilines is 2. The van der Waals surface area contributed by atoms with Crippen LogP contribution in [0.3, 0.4) is 0 Å². The third kappa shape index (κ3) is 5.81.